The molecule has 2 aromatic rings. The van der Waals surface area contributed by atoms with E-state index in [0.717, 1.165) is 12.8 Å². The van der Waals surface area contributed by atoms with Gasteiger partial charge in [-0.2, -0.15) is 0 Å². The summed E-state index contributed by atoms with van der Waals surface area (Å²) in [5, 5.41) is 0. The minimum absolute atomic E-state index is 0.153. The molecular formula is C22H25NO6. The third kappa shape index (κ3) is 4.29. The lowest BCUT2D eigenvalue weighted by Crippen LogP contribution is -2.35. The van der Waals surface area contributed by atoms with Gasteiger partial charge in [0.1, 0.15) is 5.56 Å². The molecule has 1 aliphatic rings. The number of amides is 1. The minimum Gasteiger partial charge on any atom is -0.493 e. The van der Waals surface area contributed by atoms with E-state index < -0.39 is 12.1 Å². The highest BCUT2D eigenvalue weighted by atomic mass is 16.6. The van der Waals surface area contributed by atoms with Gasteiger partial charge in [-0.25, -0.2) is 4.79 Å². The lowest BCUT2D eigenvalue weighted by molar-refractivity contribution is -0.140. The first kappa shape index (κ1) is 20.5. The summed E-state index contributed by atoms with van der Waals surface area (Å²) in [6.07, 6.45) is 0.870. The number of carbonyl (C=O) groups is 2. The van der Waals surface area contributed by atoms with Crippen LogP contribution in [0.2, 0.25) is 0 Å². The number of nitrogens with zero attached hydrogens (tertiary/aromatic N) is 1. The molecule has 0 bridgehead atoms. The maximum Gasteiger partial charge on any atom is 0.343 e. The van der Waals surface area contributed by atoms with Crippen LogP contribution in [0.3, 0.4) is 0 Å². The van der Waals surface area contributed by atoms with Crippen molar-refractivity contribution in [3.8, 4) is 17.2 Å². The van der Waals surface area contributed by atoms with Crippen LogP contribution in [0.15, 0.2) is 42.5 Å². The Hall–Kier alpha value is -3.22. The van der Waals surface area contributed by atoms with Gasteiger partial charge in [0.15, 0.2) is 11.5 Å². The third-order valence-electron chi connectivity index (χ3n) is 4.89. The van der Waals surface area contributed by atoms with Gasteiger partial charge in [0.2, 0.25) is 11.9 Å². The van der Waals surface area contributed by atoms with Crippen LogP contribution in [0.4, 0.5) is 0 Å². The molecule has 0 aliphatic carbocycles. The minimum atomic E-state index is -1.03. The summed E-state index contributed by atoms with van der Waals surface area (Å²) < 4.78 is 21.7. The first-order valence-corrected chi connectivity index (χ1v) is 9.44. The molecule has 0 N–H and O–H groups in total. The average Bonchev–Trinajstić information content (AvgIpc) is 3.31. The molecular weight excluding hydrogens is 374 g/mol. The Bertz CT molecular complexity index is 861. The van der Waals surface area contributed by atoms with Crippen molar-refractivity contribution in [2.24, 2.45) is 0 Å². The Kier molecular flexibility index (Phi) is 6.59. The molecule has 7 nitrogen and oxygen atoms in total. The van der Waals surface area contributed by atoms with Crippen LogP contribution in [0.1, 0.15) is 34.9 Å². The van der Waals surface area contributed by atoms with Crippen molar-refractivity contribution >= 4 is 11.9 Å². The average molecular weight is 399 g/mol. The highest BCUT2D eigenvalue weighted by molar-refractivity contribution is 5.96. The number of hydrogen-bond donors (Lipinski definition) is 0. The monoisotopic (exact) mass is 399 g/mol. The molecule has 1 unspecified atom stereocenters. The normalized spacial score (nSPS) is 14.2. The lowest BCUT2D eigenvalue weighted by Gasteiger charge is -2.24. The van der Waals surface area contributed by atoms with Crippen molar-refractivity contribution in [2.75, 3.05) is 34.4 Å². The Morgan fingerprint density at radius 2 is 1.52 bits per heavy atom. The molecule has 0 spiro atoms. The second-order valence-corrected chi connectivity index (χ2v) is 6.61. The van der Waals surface area contributed by atoms with Gasteiger partial charge in [-0.1, -0.05) is 30.3 Å². The molecule has 1 fully saturated rings. The van der Waals surface area contributed by atoms with E-state index in [9.17, 15) is 9.59 Å². The fraction of sp³-hybridized carbons (Fsp3) is 0.364. The molecule has 1 atom stereocenters. The van der Waals surface area contributed by atoms with Crippen molar-refractivity contribution in [3.05, 3.63) is 53.6 Å². The highest BCUT2D eigenvalue weighted by Gasteiger charge is 2.32. The van der Waals surface area contributed by atoms with Gasteiger partial charge in [-0.3, -0.25) is 4.79 Å². The molecule has 7 heteroatoms. The fourth-order valence-electron chi connectivity index (χ4n) is 3.42. The van der Waals surface area contributed by atoms with Gasteiger partial charge >= 0.3 is 5.97 Å². The van der Waals surface area contributed by atoms with Gasteiger partial charge in [-0.15, -0.1) is 0 Å². The number of rotatable bonds is 7. The van der Waals surface area contributed by atoms with Crippen LogP contribution in [-0.4, -0.2) is 51.2 Å². The molecule has 1 amide bonds. The molecule has 0 aromatic heterocycles. The van der Waals surface area contributed by atoms with Gasteiger partial charge in [0.05, 0.1) is 21.3 Å². The summed E-state index contributed by atoms with van der Waals surface area (Å²) in [5.74, 6) is 0.00297. The third-order valence-corrected chi connectivity index (χ3v) is 4.89. The molecule has 0 radical (unpaired) electrons. The predicted molar refractivity (Wildman–Crippen MR) is 107 cm³/mol. The van der Waals surface area contributed by atoms with E-state index in [1.807, 2.05) is 18.2 Å². The molecule has 1 heterocycles. The van der Waals surface area contributed by atoms with E-state index in [0.29, 0.717) is 24.4 Å². The zero-order chi connectivity index (χ0) is 20.8. The number of hydrogen-bond acceptors (Lipinski definition) is 6. The topological polar surface area (TPSA) is 74.3 Å². The number of ether oxygens (including phenoxy) is 4. The zero-order valence-electron chi connectivity index (χ0n) is 16.8. The molecule has 2 aromatic carbocycles. The van der Waals surface area contributed by atoms with Crippen molar-refractivity contribution in [1.82, 2.24) is 4.90 Å². The van der Waals surface area contributed by atoms with E-state index >= 15 is 0 Å². The Morgan fingerprint density at radius 3 is 2.10 bits per heavy atom. The van der Waals surface area contributed by atoms with Gasteiger partial charge < -0.3 is 23.8 Å². The Balaban J connectivity index is 1.93. The molecule has 0 saturated carbocycles. The van der Waals surface area contributed by atoms with Crippen LogP contribution >= 0.6 is 0 Å². The van der Waals surface area contributed by atoms with Crippen molar-refractivity contribution < 1.29 is 28.5 Å². The smallest absolute Gasteiger partial charge is 0.343 e. The van der Waals surface area contributed by atoms with E-state index in [4.69, 9.17) is 18.9 Å². The molecule has 1 aliphatic heterocycles. The number of methoxy groups -OCH3 is 3. The van der Waals surface area contributed by atoms with E-state index in [2.05, 4.69) is 0 Å². The predicted octanol–water partition coefficient (Wildman–Crippen LogP) is 3.23. The summed E-state index contributed by atoms with van der Waals surface area (Å²) in [7, 11) is 4.38. The summed E-state index contributed by atoms with van der Waals surface area (Å²) in [4.78, 5) is 27.8. The van der Waals surface area contributed by atoms with Gasteiger partial charge in [0.25, 0.3) is 5.91 Å². The zero-order valence-corrected chi connectivity index (χ0v) is 16.8. The second-order valence-electron chi connectivity index (χ2n) is 6.61. The van der Waals surface area contributed by atoms with Crippen LogP contribution in [0.5, 0.6) is 17.2 Å². The molecule has 154 valence electrons. The van der Waals surface area contributed by atoms with Crippen LogP contribution in [-0.2, 0) is 9.53 Å². The van der Waals surface area contributed by atoms with Crippen molar-refractivity contribution in [2.45, 2.75) is 18.9 Å². The Morgan fingerprint density at radius 1 is 0.862 bits per heavy atom. The molecule has 1 saturated heterocycles. The van der Waals surface area contributed by atoms with Crippen LogP contribution in [0, 0.1) is 0 Å². The maximum absolute atomic E-state index is 13.1. The molecule has 29 heavy (non-hydrogen) atoms. The maximum atomic E-state index is 13.1. The molecule has 3 rings (SSSR count). The quantitative estimate of drug-likeness (QED) is 0.666. The van der Waals surface area contributed by atoms with Gasteiger partial charge in [-0.05, 0) is 25.0 Å². The van der Waals surface area contributed by atoms with Crippen LogP contribution in [0.25, 0.3) is 0 Å². The highest BCUT2D eigenvalue weighted by Crippen LogP contribution is 2.40. The van der Waals surface area contributed by atoms with E-state index in [-0.39, 0.29) is 23.0 Å². The fourth-order valence-corrected chi connectivity index (χ4v) is 3.42. The summed E-state index contributed by atoms with van der Waals surface area (Å²) >= 11 is 0. The van der Waals surface area contributed by atoms with E-state index in [1.165, 1.54) is 27.4 Å². The summed E-state index contributed by atoms with van der Waals surface area (Å²) in [6, 6.07) is 12.1. The second kappa shape index (κ2) is 9.32. The van der Waals surface area contributed by atoms with E-state index in [1.54, 1.807) is 23.1 Å². The van der Waals surface area contributed by atoms with Crippen molar-refractivity contribution in [1.29, 1.82) is 0 Å². The number of esters is 1. The Labute approximate surface area is 170 Å². The number of carbonyl (C=O) groups excluding carboxylic acids is 2. The summed E-state index contributed by atoms with van der Waals surface area (Å²) in [6.45, 7) is 1.33. The van der Waals surface area contributed by atoms with Crippen LogP contribution < -0.4 is 14.2 Å². The lowest BCUT2D eigenvalue weighted by atomic mass is 10.1. The number of benzene rings is 2. The SMILES string of the molecule is COc1ccc(C(=O)OC(C(=O)N2CCCC2)c2ccccc2)c(OC)c1OC. The largest absolute Gasteiger partial charge is 0.493 e. The number of likely N-dealkylation sites (tertiary alicyclic amines) is 1. The first-order chi connectivity index (χ1) is 14.1. The standard InChI is InChI=1S/C22H25NO6/c1-26-17-12-11-16(19(27-2)20(17)28-3)22(25)29-18(15-9-5-4-6-10-15)21(24)23-13-7-8-14-23/h4-6,9-12,18H,7-8,13-14H2,1-3H3. The van der Waals surface area contributed by atoms with Gasteiger partial charge in [0, 0.05) is 18.7 Å². The van der Waals surface area contributed by atoms with Crippen molar-refractivity contribution in [3.63, 3.8) is 0 Å². The first-order valence-electron chi connectivity index (χ1n) is 9.44. The summed E-state index contributed by atoms with van der Waals surface area (Å²) in [5.41, 5.74) is 0.775.